The molecule has 1 fully saturated rings. The summed E-state index contributed by atoms with van der Waals surface area (Å²) in [5.74, 6) is -0.410. The van der Waals surface area contributed by atoms with Crippen LogP contribution in [0.4, 0.5) is 0 Å². The molecule has 0 bridgehead atoms. The molecule has 5 unspecified atom stereocenters. The minimum absolute atomic E-state index is 0.0809. The molecule has 1 saturated heterocycles. The summed E-state index contributed by atoms with van der Waals surface area (Å²) in [5.41, 5.74) is 0. The summed E-state index contributed by atoms with van der Waals surface area (Å²) in [6, 6.07) is 0. The van der Waals surface area contributed by atoms with Crippen molar-refractivity contribution < 1.29 is 19.4 Å². The maximum Gasteiger partial charge on any atom is 0.303 e. The van der Waals surface area contributed by atoms with E-state index in [9.17, 15) is 9.90 Å². The summed E-state index contributed by atoms with van der Waals surface area (Å²) < 4.78 is 10.8. The highest BCUT2D eigenvalue weighted by Crippen LogP contribution is 2.29. The second-order valence-corrected chi connectivity index (χ2v) is 4.21. The average Bonchev–Trinajstić information content (AvgIpc) is 2.18. The van der Waals surface area contributed by atoms with Crippen molar-refractivity contribution >= 4 is 5.97 Å². The normalized spacial score (nSPS) is 41.3. The Morgan fingerprint density at radius 2 is 2.07 bits per heavy atom. The lowest BCUT2D eigenvalue weighted by Crippen LogP contribution is -2.53. The van der Waals surface area contributed by atoms with E-state index in [1.807, 2.05) is 20.8 Å². The number of hydrogen-bond donors (Lipinski definition) is 1. The summed E-state index contributed by atoms with van der Waals surface area (Å²) in [6.45, 7) is 7.11. The molecule has 1 heterocycles. The highest BCUT2D eigenvalue weighted by Gasteiger charge is 2.41. The largest absolute Gasteiger partial charge is 0.459 e. The van der Waals surface area contributed by atoms with E-state index in [0.717, 1.165) is 6.42 Å². The van der Waals surface area contributed by atoms with Gasteiger partial charge in [-0.05, 0) is 13.3 Å². The second kappa shape index (κ2) is 4.94. The zero-order chi connectivity index (χ0) is 11.6. The summed E-state index contributed by atoms with van der Waals surface area (Å²) >= 11 is 0. The highest BCUT2D eigenvalue weighted by molar-refractivity contribution is 5.66. The molecule has 1 N–H and O–H groups in total. The van der Waals surface area contributed by atoms with Crippen LogP contribution in [0.2, 0.25) is 0 Å². The van der Waals surface area contributed by atoms with Gasteiger partial charge in [-0.25, -0.2) is 0 Å². The van der Waals surface area contributed by atoms with Gasteiger partial charge in [0.25, 0.3) is 0 Å². The number of carbonyl (C=O) groups excluding carboxylic acids is 1. The van der Waals surface area contributed by atoms with E-state index in [4.69, 9.17) is 9.47 Å². The van der Waals surface area contributed by atoms with Crippen LogP contribution in [-0.4, -0.2) is 35.5 Å². The smallest absolute Gasteiger partial charge is 0.303 e. The van der Waals surface area contributed by atoms with Gasteiger partial charge in [-0.15, -0.1) is 0 Å². The molecular formula is C11H20O4. The van der Waals surface area contributed by atoms with Crippen molar-refractivity contribution in [2.45, 2.75) is 58.5 Å². The maximum atomic E-state index is 10.9. The van der Waals surface area contributed by atoms with Crippen LogP contribution in [0.1, 0.15) is 34.1 Å². The Labute approximate surface area is 90.6 Å². The van der Waals surface area contributed by atoms with Crippen molar-refractivity contribution in [1.29, 1.82) is 0 Å². The summed E-state index contributed by atoms with van der Waals surface area (Å²) in [4.78, 5) is 10.9. The number of aliphatic hydroxyl groups excluding tert-OH is 1. The highest BCUT2D eigenvalue weighted by atomic mass is 16.6. The molecule has 0 amide bonds. The number of ether oxygens (including phenoxy) is 2. The summed E-state index contributed by atoms with van der Waals surface area (Å²) in [6.07, 6.45) is -0.447. The van der Waals surface area contributed by atoms with Gasteiger partial charge in [0.1, 0.15) is 6.10 Å². The van der Waals surface area contributed by atoms with Gasteiger partial charge >= 0.3 is 5.97 Å². The third-order valence-corrected chi connectivity index (χ3v) is 2.99. The van der Waals surface area contributed by atoms with E-state index >= 15 is 0 Å². The van der Waals surface area contributed by atoms with Crippen molar-refractivity contribution in [2.24, 2.45) is 5.92 Å². The lowest BCUT2D eigenvalue weighted by molar-refractivity contribution is -0.207. The van der Waals surface area contributed by atoms with Crippen molar-refractivity contribution in [3.63, 3.8) is 0 Å². The lowest BCUT2D eigenvalue weighted by atomic mass is 9.87. The molecular weight excluding hydrogens is 196 g/mol. The van der Waals surface area contributed by atoms with Crippen molar-refractivity contribution in [2.75, 3.05) is 0 Å². The van der Waals surface area contributed by atoms with Gasteiger partial charge < -0.3 is 14.6 Å². The van der Waals surface area contributed by atoms with Crippen molar-refractivity contribution in [1.82, 2.24) is 0 Å². The van der Waals surface area contributed by atoms with Crippen LogP contribution >= 0.6 is 0 Å². The predicted molar refractivity (Wildman–Crippen MR) is 55.4 cm³/mol. The topological polar surface area (TPSA) is 55.8 Å². The Kier molecular flexibility index (Phi) is 4.11. The Balaban J connectivity index is 2.70. The first-order valence-corrected chi connectivity index (χ1v) is 5.48. The number of esters is 1. The van der Waals surface area contributed by atoms with Crippen LogP contribution in [0.15, 0.2) is 0 Å². The standard InChI is InChI=1S/C11H20O4/c1-5-9-10(13)6(2)11(7(3)14-9)15-8(4)12/h6-7,9-11,13H,5H2,1-4H3. The fourth-order valence-corrected chi connectivity index (χ4v) is 2.13. The van der Waals surface area contributed by atoms with Gasteiger partial charge in [-0.1, -0.05) is 13.8 Å². The molecule has 1 aliphatic heterocycles. The van der Waals surface area contributed by atoms with Crippen LogP contribution in [0.25, 0.3) is 0 Å². The summed E-state index contributed by atoms with van der Waals surface area (Å²) in [5, 5.41) is 9.92. The predicted octanol–water partition coefficient (Wildman–Crippen LogP) is 1.11. The SMILES string of the molecule is CCC1OC(C)C(OC(C)=O)C(C)C1O. The number of aliphatic hydroxyl groups is 1. The van der Waals surface area contributed by atoms with Crippen molar-refractivity contribution in [3.05, 3.63) is 0 Å². The maximum absolute atomic E-state index is 10.9. The van der Waals surface area contributed by atoms with Gasteiger partial charge in [-0.2, -0.15) is 0 Å². The van der Waals surface area contributed by atoms with Crippen LogP contribution in [0.3, 0.4) is 0 Å². The van der Waals surface area contributed by atoms with Crippen molar-refractivity contribution in [3.8, 4) is 0 Å². The molecule has 0 aromatic carbocycles. The molecule has 0 aromatic rings. The molecule has 0 radical (unpaired) electrons. The molecule has 0 saturated carbocycles. The first-order valence-electron chi connectivity index (χ1n) is 5.48. The number of hydrogen-bond acceptors (Lipinski definition) is 4. The monoisotopic (exact) mass is 216 g/mol. The minimum Gasteiger partial charge on any atom is -0.459 e. The molecule has 0 aliphatic carbocycles. The fraction of sp³-hybridized carbons (Fsp3) is 0.909. The van der Waals surface area contributed by atoms with Crippen LogP contribution < -0.4 is 0 Å². The zero-order valence-electron chi connectivity index (χ0n) is 9.77. The van der Waals surface area contributed by atoms with Gasteiger partial charge in [-0.3, -0.25) is 4.79 Å². The zero-order valence-corrected chi connectivity index (χ0v) is 9.77. The Morgan fingerprint density at radius 1 is 1.47 bits per heavy atom. The third kappa shape index (κ3) is 2.69. The van der Waals surface area contributed by atoms with Crippen LogP contribution in [0.5, 0.6) is 0 Å². The van der Waals surface area contributed by atoms with E-state index < -0.39 is 6.10 Å². The van der Waals surface area contributed by atoms with E-state index in [1.165, 1.54) is 6.92 Å². The van der Waals surface area contributed by atoms with E-state index in [0.29, 0.717) is 0 Å². The molecule has 88 valence electrons. The molecule has 15 heavy (non-hydrogen) atoms. The van der Waals surface area contributed by atoms with Gasteiger partial charge in [0.15, 0.2) is 0 Å². The first kappa shape index (κ1) is 12.5. The first-order chi connectivity index (χ1) is 6.97. The Bertz CT molecular complexity index is 229. The molecule has 0 aromatic heterocycles. The van der Waals surface area contributed by atoms with Crippen LogP contribution in [-0.2, 0) is 14.3 Å². The third-order valence-electron chi connectivity index (χ3n) is 2.99. The Morgan fingerprint density at radius 3 is 2.53 bits per heavy atom. The van der Waals surface area contributed by atoms with Crippen LogP contribution in [0, 0.1) is 5.92 Å². The lowest BCUT2D eigenvalue weighted by Gasteiger charge is -2.41. The summed E-state index contributed by atoms with van der Waals surface area (Å²) in [7, 11) is 0. The van der Waals surface area contributed by atoms with Gasteiger partial charge in [0, 0.05) is 12.8 Å². The second-order valence-electron chi connectivity index (χ2n) is 4.21. The minimum atomic E-state index is -0.560. The molecule has 1 aliphatic rings. The molecule has 4 nitrogen and oxygen atoms in total. The molecule has 0 spiro atoms. The number of carbonyl (C=O) groups is 1. The van der Waals surface area contributed by atoms with E-state index in [-0.39, 0.29) is 30.2 Å². The fourth-order valence-electron chi connectivity index (χ4n) is 2.13. The Hall–Kier alpha value is -0.610. The molecule has 4 heteroatoms. The quantitative estimate of drug-likeness (QED) is 0.703. The number of rotatable bonds is 2. The van der Waals surface area contributed by atoms with E-state index in [2.05, 4.69) is 0 Å². The van der Waals surface area contributed by atoms with E-state index in [1.54, 1.807) is 0 Å². The molecule has 5 atom stereocenters. The molecule has 1 rings (SSSR count). The van der Waals surface area contributed by atoms with Gasteiger partial charge in [0.05, 0.1) is 18.3 Å². The van der Waals surface area contributed by atoms with Gasteiger partial charge in [0.2, 0.25) is 0 Å². The average molecular weight is 216 g/mol.